The Bertz CT molecular complexity index is 811. The smallest absolute Gasteiger partial charge is 0.294 e. The van der Waals surface area contributed by atoms with Gasteiger partial charge in [-0.1, -0.05) is 23.7 Å². The number of carbonyl (C=O) groups is 2. The monoisotopic (exact) mass is 360 g/mol. The van der Waals surface area contributed by atoms with Gasteiger partial charge in [0.2, 0.25) is 0 Å². The van der Waals surface area contributed by atoms with Gasteiger partial charge in [-0.15, -0.1) is 0 Å². The Labute approximate surface area is 150 Å². The molecule has 0 saturated heterocycles. The second-order valence-corrected chi connectivity index (χ2v) is 5.90. The SMILES string of the molecule is COc1ccc(N2C(=O)CN(C(C)OC=O)c3ccccc32)cc1Cl. The van der Waals surface area contributed by atoms with Crippen LogP contribution in [0.15, 0.2) is 42.5 Å². The van der Waals surface area contributed by atoms with Gasteiger partial charge in [-0.25, -0.2) is 0 Å². The molecule has 0 saturated carbocycles. The first-order valence-electron chi connectivity index (χ1n) is 7.68. The number of methoxy groups -OCH3 is 1. The third-order valence-electron chi connectivity index (χ3n) is 4.07. The maximum Gasteiger partial charge on any atom is 0.294 e. The molecular weight excluding hydrogens is 344 g/mol. The molecule has 1 amide bonds. The molecule has 0 radical (unpaired) electrons. The molecule has 0 N–H and O–H groups in total. The predicted octanol–water partition coefficient (Wildman–Crippen LogP) is 3.35. The highest BCUT2D eigenvalue weighted by atomic mass is 35.5. The van der Waals surface area contributed by atoms with Gasteiger partial charge in [0.05, 0.1) is 29.2 Å². The summed E-state index contributed by atoms with van der Waals surface area (Å²) in [4.78, 5) is 26.8. The largest absolute Gasteiger partial charge is 0.495 e. The van der Waals surface area contributed by atoms with E-state index in [2.05, 4.69) is 0 Å². The number of rotatable bonds is 5. The molecule has 1 atom stereocenters. The van der Waals surface area contributed by atoms with Crippen LogP contribution in [-0.2, 0) is 14.3 Å². The van der Waals surface area contributed by atoms with Crippen LogP contribution in [0.3, 0.4) is 0 Å². The normalized spacial score (nSPS) is 14.8. The number of ether oxygens (including phenoxy) is 2. The maximum absolute atomic E-state index is 12.8. The Morgan fingerprint density at radius 2 is 1.92 bits per heavy atom. The maximum atomic E-state index is 12.8. The lowest BCUT2D eigenvalue weighted by Crippen LogP contribution is -2.48. The minimum Gasteiger partial charge on any atom is -0.495 e. The van der Waals surface area contributed by atoms with Crippen molar-refractivity contribution in [1.29, 1.82) is 0 Å². The number of nitrogens with zero attached hydrogens (tertiary/aromatic N) is 2. The first-order chi connectivity index (χ1) is 12.1. The molecule has 1 aliphatic heterocycles. The number of hydrogen-bond donors (Lipinski definition) is 0. The highest BCUT2D eigenvalue weighted by Crippen LogP contribution is 2.40. The molecule has 0 spiro atoms. The fourth-order valence-electron chi connectivity index (χ4n) is 2.89. The summed E-state index contributed by atoms with van der Waals surface area (Å²) in [7, 11) is 1.54. The third kappa shape index (κ3) is 3.13. The van der Waals surface area contributed by atoms with Crippen molar-refractivity contribution in [3.8, 4) is 5.75 Å². The van der Waals surface area contributed by atoms with Gasteiger partial charge < -0.3 is 14.4 Å². The standard InChI is InChI=1S/C18H17ClN2O4/c1-12(25-11-22)20-10-18(23)21(16-6-4-3-5-15(16)20)13-7-8-17(24-2)14(19)9-13/h3-9,11-12H,10H2,1-2H3. The average molecular weight is 361 g/mol. The number of anilines is 3. The van der Waals surface area contributed by atoms with Crippen molar-refractivity contribution in [2.24, 2.45) is 0 Å². The second kappa shape index (κ2) is 7.03. The van der Waals surface area contributed by atoms with E-state index in [0.29, 0.717) is 28.6 Å². The minimum atomic E-state index is -0.552. The summed E-state index contributed by atoms with van der Waals surface area (Å²) in [6.07, 6.45) is -0.552. The Morgan fingerprint density at radius 3 is 2.56 bits per heavy atom. The Hall–Kier alpha value is -2.73. The number of benzene rings is 2. The highest BCUT2D eigenvalue weighted by molar-refractivity contribution is 6.32. The summed E-state index contributed by atoms with van der Waals surface area (Å²) in [6, 6.07) is 12.6. The Morgan fingerprint density at radius 1 is 1.20 bits per heavy atom. The number of para-hydroxylation sites is 2. The van der Waals surface area contributed by atoms with Crippen molar-refractivity contribution in [3.05, 3.63) is 47.5 Å². The van der Waals surface area contributed by atoms with Crippen LogP contribution in [0.25, 0.3) is 0 Å². The van der Waals surface area contributed by atoms with Crippen molar-refractivity contribution < 1.29 is 19.1 Å². The molecule has 0 fully saturated rings. The van der Waals surface area contributed by atoms with E-state index >= 15 is 0 Å². The van der Waals surface area contributed by atoms with E-state index in [1.807, 2.05) is 24.3 Å². The van der Waals surface area contributed by atoms with Crippen molar-refractivity contribution in [2.75, 3.05) is 23.5 Å². The molecule has 1 aliphatic rings. The molecule has 0 aliphatic carbocycles. The van der Waals surface area contributed by atoms with E-state index in [9.17, 15) is 9.59 Å². The number of hydrogen-bond acceptors (Lipinski definition) is 5. The molecule has 6 nitrogen and oxygen atoms in total. The first-order valence-corrected chi connectivity index (χ1v) is 8.06. The van der Waals surface area contributed by atoms with Crippen LogP contribution < -0.4 is 14.5 Å². The summed E-state index contributed by atoms with van der Waals surface area (Å²) >= 11 is 6.21. The molecule has 1 heterocycles. The van der Waals surface area contributed by atoms with Gasteiger partial charge in [-0.3, -0.25) is 14.5 Å². The van der Waals surface area contributed by atoms with Crippen LogP contribution in [0.5, 0.6) is 5.75 Å². The van der Waals surface area contributed by atoms with Gasteiger partial charge in [0, 0.05) is 0 Å². The summed E-state index contributed by atoms with van der Waals surface area (Å²) in [6.45, 7) is 2.18. The van der Waals surface area contributed by atoms with E-state index < -0.39 is 6.23 Å². The number of carbonyl (C=O) groups excluding carboxylic acids is 2. The van der Waals surface area contributed by atoms with E-state index in [1.54, 1.807) is 34.9 Å². The molecular formula is C18H17ClN2O4. The van der Waals surface area contributed by atoms with Gasteiger partial charge >= 0.3 is 0 Å². The first kappa shape index (κ1) is 17.1. The van der Waals surface area contributed by atoms with Gasteiger partial charge in [0.15, 0.2) is 6.23 Å². The van der Waals surface area contributed by atoms with Crippen molar-refractivity contribution >= 4 is 41.0 Å². The van der Waals surface area contributed by atoms with Gasteiger partial charge in [0.25, 0.3) is 12.4 Å². The summed E-state index contributed by atoms with van der Waals surface area (Å²) < 4.78 is 10.2. The lowest BCUT2D eigenvalue weighted by Gasteiger charge is -2.39. The zero-order valence-electron chi connectivity index (χ0n) is 13.8. The van der Waals surface area contributed by atoms with Gasteiger partial charge in [-0.2, -0.15) is 0 Å². The fourth-order valence-corrected chi connectivity index (χ4v) is 3.14. The molecule has 0 bridgehead atoms. The van der Waals surface area contributed by atoms with E-state index in [4.69, 9.17) is 21.1 Å². The zero-order chi connectivity index (χ0) is 18.0. The van der Waals surface area contributed by atoms with Crippen molar-refractivity contribution in [3.63, 3.8) is 0 Å². The second-order valence-electron chi connectivity index (χ2n) is 5.50. The van der Waals surface area contributed by atoms with E-state index in [1.165, 1.54) is 7.11 Å². The lowest BCUT2D eigenvalue weighted by atomic mass is 10.1. The van der Waals surface area contributed by atoms with E-state index in [0.717, 1.165) is 5.69 Å². The average Bonchev–Trinajstić information content (AvgIpc) is 2.61. The van der Waals surface area contributed by atoms with Crippen LogP contribution >= 0.6 is 11.6 Å². The fraction of sp³-hybridized carbons (Fsp3) is 0.222. The molecule has 1 unspecified atom stereocenters. The van der Waals surface area contributed by atoms with E-state index in [-0.39, 0.29) is 12.5 Å². The molecule has 2 aromatic rings. The molecule has 25 heavy (non-hydrogen) atoms. The molecule has 2 aromatic carbocycles. The summed E-state index contributed by atoms with van der Waals surface area (Å²) in [5.74, 6) is 0.388. The Balaban J connectivity index is 2.06. The van der Waals surface area contributed by atoms with Crippen molar-refractivity contribution in [1.82, 2.24) is 0 Å². The van der Waals surface area contributed by atoms with Crippen LogP contribution in [0.1, 0.15) is 6.92 Å². The molecule has 130 valence electrons. The number of halogens is 1. The number of amides is 1. The van der Waals surface area contributed by atoms with Gasteiger partial charge in [0.1, 0.15) is 12.3 Å². The molecule has 0 aromatic heterocycles. The third-order valence-corrected chi connectivity index (χ3v) is 4.37. The topological polar surface area (TPSA) is 59.1 Å². The number of fused-ring (bicyclic) bond motifs is 1. The van der Waals surface area contributed by atoms with Crippen LogP contribution in [-0.4, -0.2) is 32.3 Å². The lowest BCUT2D eigenvalue weighted by molar-refractivity contribution is -0.133. The van der Waals surface area contributed by atoms with Crippen molar-refractivity contribution in [2.45, 2.75) is 13.2 Å². The predicted molar refractivity (Wildman–Crippen MR) is 95.5 cm³/mol. The van der Waals surface area contributed by atoms with Crippen LogP contribution in [0, 0.1) is 0 Å². The van der Waals surface area contributed by atoms with Crippen LogP contribution in [0.4, 0.5) is 17.1 Å². The minimum absolute atomic E-state index is 0.0790. The summed E-state index contributed by atoms with van der Waals surface area (Å²) in [5.41, 5.74) is 2.14. The van der Waals surface area contributed by atoms with Crippen LogP contribution in [0.2, 0.25) is 5.02 Å². The quantitative estimate of drug-likeness (QED) is 0.765. The van der Waals surface area contributed by atoms with Gasteiger partial charge in [-0.05, 0) is 37.3 Å². The molecule has 3 rings (SSSR count). The highest BCUT2D eigenvalue weighted by Gasteiger charge is 2.33. The summed E-state index contributed by atoms with van der Waals surface area (Å²) in [5, 5.41) is 0.422. The molecule has 7 heteroatoms. The Kier molecular flexibility index (Phi) is 4.81. The zero-order valence-corrected chi connectivity index (χ0v) is 14.6.